The fourth-order valence-electron chi connectivity index (χ4n) is 3.27. The molecule has 1 aromatic heterocycles. The Labute approximate surface area is 154 Å². The van der Waals surface area contributed by atoms with Crippen molar-refractivity contribution in [3.05, 3.63) is 53.5 Å². The molecule has 1 fully saturated rings. The molecule has 0 spiro atoms. The number of carbonyl (C=O) groups excluding carboxylic acids is 1. The van der Waals surface area contributed by atoms with Crippen molar-refractivity contribution in [2.24, 2.45) is 0 Å². The molecule has 1 saturated heterocycles. The molecule has 2 heterocycles. The molecule has 0 aliphatic carbocycles. The highest BCUT2D eigenvalue weighted by atomic mass is 16.5. The number of aromatic nitrogens is 2. The topological polar surface area (TPSA) is 76.1 Å². The Morgan fingerprint density at radius 3 is 2.92 bits per heavy atom. The summed E-state index contributed by atoms with van der Waals surface area (Å²) in [6.07, 6.45) is 5.23. The van der Waals surface area contributed by atoms with E-state index in [9.17, 15) is 4.79 Å². The number of nitrogens with zero attached hydrogens (tertiary/aromatic N) is 2. The summed E-state index contributed by atoms with van der Waals surface area (Å²) in [6.45, 7) is 5.38. The molecule has 6 nitrogen and oxygen atoms in total. The first-order valence-corrected chi connectivity index (χ1v) is 9.07. The van der Waals surface area contributed by atoms with Crippen LogP contribution < -0.4 is 10.6 Å². The lowest BCUT2D eigenvalue weighted by atomic mass is 10.0. The second-order valence-electron chi connectivity index (χ2n) is 6.81. The van der Waals surface area contributed by atoms with Crippen molar-refractivity contribution < 1.29 is 9.53 Å². The minimum atomic E-state index is 0.00344. The van der Waals surface area contributed by atoms with Gasteiger partial charge in [0.15, 0.2) is 0 Å². The molecule has 0 unspecified atom stereocenters. The van der Waals surface area contributed by atoms with Gasteiger partial charge in [-0.05, 0) is 43.9 Å². The summed E-state index contributed by atoms with van der Waals surface area (Å²) >= 11 is 0. The molecular weight excluding hydrogens is 328 g/mol. The van der Waals surface area contributed by atoms with Gasteiger partial charge in [-0.2, -0.15) is 0 Å². The number of rotatable bonds is 6. The van der Waals surface area contributed by atoms with Crippen LogP contribution in [-0.2, 0) is 16.0 Å². The normalized spacial score (nSPS) is 19.8. The van der Waals surface area contributed by atoms with E-state index in [1.807, 2.05) is 6.07 Å². The first kappa shape index (κ1) is 18.3. The highest BCUT2D eigenvalue weighted by Crippen LogP contribution is 2.15. The van der Waals surface area contributed by atoms with Gasteiger partial charge < -0.3 is 15.4 Å². The summed E-state index contributed by atoms with van der Waals surface area (Å²) in [5.41, 5.74) is 3.72. The van der Waals surface area contributed by atoms with Gasteiger partial charge in [0.2, 0.25) is 5.91 Å². The van der Waals surface area contributed by atoms with Crippen LogP contribution in [0.5, 0.6) is 0 Å². The van der Waals surface area contributed by atoms with Gasteiger partial charge in [0, 0.05) is 19.2 Å². The van der Waals surface area contributed by atoms with Crippen LogP contribution in [0.2, 0.25) is 0 Å². The predicted octanol–water partition coefficient (Wildman–Crippen LogP) is 2.41. The third-order valence-electron chi connectivity index (χ3n) is 4.74. The maximum Gasteiger partial charge on any atom is 0.220 e. The number of carbonyl (C=O) groups is 1. The quantitative estimate of drug-likeness (QED) is 0.833. The van der Waals surface area contributed by atoms with Crippen LogP contribution in [0.25, 0.3) is 0 Å². The van der Waals surface area contributed by atoms with Gasteiger partial charge in [0.05, 0.1) is 18.7 Å². The molecule has 3 rings (SSSR count). The minimum absolute atomic E-state index is 0.00344. The van der Waals surface area contributed by atoms with Gasteiger partial charge in [-0.15, -0.1) is 0 Å². The fraction of sp³-hybridized carbons (Fsp3) is 0.450. The first-order chi connectivity index (χ1) is 12.6. The predicted molar refractivity (Wildman–Crippen MR) is 101 cm³/mol. The smallest absolute Gasteiger partial charge is 0.220 e. The average Bonchev–Trinajstić information content (AvgIpc) is 2.63. The minimum Gasteiger partial charge on any atom is -0.379 e. The van der Waals surface area contributed by atoms with Crippen LogP contribution in [0, 0.1) is 13.8 Å². The number of aryl methyl sites for hydroxylation is 3. The van der Waals surface area contributed by atoms with Gasteiger partial charge in [0.25, 0.3) is 0 Å². The maximum atomic E-state index is 12.5. The van der Waals surface area contributed by atoms with E-state index in [4.69, 9.17) is 4.74 Å². The molecule has 2 aromatic rings. The van der Waals surface area contributed by atoms with E-state index in [0.717, 1.165) is 18.7 Å². The summed E-state index contributed by atoms with van der Waals surface area (Å²) in [4.78, 5) is 20.6. The number of benzene rings is 1. The third kappa shape index (κ3) is 5.02. The first-order valence-electron chi connectivity index (χ1n) is 9.07. The second kappa shape index (κ2) is 8.76. The van der Waals surface area contributed by atoms with E-state index < -0.39 is 0 Å². The van der Waals surface area contributed by atoms with Gasteiger partial charge in [-0.25, -0.2) is 9.97 Å². The van der Waals surface area contributed by atoms with Crippen LogP contribution in [0.1, 0.15) is 29.5 Å². The van der Waals surface area contributed by atoms with E-state index in [-0.39, 0.29) is 18.0 Å². The zero-order valence-electron chi connectivity index (χ0n) is 15.4. The lowest BCUT2D eigenvalue weighted by Gasteiger charge is -2.33. The van der Waals surface area contributed by atoms with Crippen LogP contribution in [0.3, 0.4) is 0 Å². The van der Waals surface area contributed by atoms with Crippen LogP contribution in [-0.4, -0.2) is 41.2 Å². The fourth-order valence-corrected chi connectivity index (χ4v) is 3.27. The van der Waals surface area contributed by atoms with Gasteiger partial charge in [-0.1, -0.05) is 23.8 Å². The Morgan fingerprint density at radius 2 is 2.15 bits per heavy atom. The molecule has 1 amide bonds. The number of hydrogen-bond donors (Lipinski definition) is 2. The van der Waals surface area contributed by atoms with Crippen molar-refractivity contribution in [3.8, 4) is 0 Å². The maximum absolute atomic E-state index is 12.5. The molecule has 6 heteroatoms. The van der Waals surface area contributed by atoms with Crippen molar-refractivity contribution in [1.29, 1.82) is 0 Å². The van der Waals surface area contributed by atoms with Gasteiger partial charge in [0.1, 0.15) is 12.1 Å². The van der Waals surface area contributed by atoms with E-state index in [1.165, 1.54) is 23.0 Å². The zero-order chi connectivity index (χ0) is 18.4. The van der Waals surface area contributed by atoms with E-state index in [0.29, 0.717) is 19.6 Å². The number of anilines is 1. The molecule has 1 aliphatic rings. The van der Waals surface area contributed by atoms with Crippen molar-refractivity contribution in [2.75, 3.05) is 18.5 Å². The molecule has 138 valence electrons. The standard InChI is InChI=1S/C20H26N4O2/c1-14-3-4-16(15(2)11-14)5-6-20(25)24-17-8-10-26-12-18(17)23-19-7-9-21-13-22-19/h3-4,7,9,11,13,17-18H,5-6,8,10,12H2,1-2H3,(H,24,25)(H,21,22,23)/t17-,18+/m0/s1. The Morgan fingerprint density at radius 1 is 1.27 bits per heavy atom. The molecule has 1 aromatic carbocycles. The lowest BCUT2D eigenvalue weighted by molar-refractivity contribution is -0.122. The SMILES string of the molecule is Cc1ccc(CCC(=O)N[C@H]2CCOC[C@H]2Nc2ccncn2)c(C)c1. The summed E-state index contributed by atoms with van der Waals surface area (Å²) in [5.74, 6) is 0.816. The van der Waals surface area contributed by atoms with Gasteiger partial charge >= 0.3 is 0 Å². The Kier molecular flexibility index (Phi) is 6.17. The summed E-state index contributed by atoms with van der Waals surface area (Å²) in [5, 5.41) is 6.50. The Bertz CT molecular complexity index is 736. The van der Waals surface area contributed by atoms with Crippen LogP contribution in [0.4, 0.5) is 5.82 Å². The third-order valence-corrected chi connectivity index (χ3v) is 4.74. The highest BCUT2D eigenvalue weighted by Gasteiger charge is 2.27. The van der Waals surface area contributed by atoms with E-state index >= 15 is 0 Å². The number of hydrogen-bond acceptors (Lipinski definition) is 5. The molecule has 2 atom stereocenters. The van der Waals surface area contributed by atoms with E-state index in [2.05, 4.69) is 52.6 Å². The number of nitrogens with one attached hydrogen (secondary N) is 2. The average molecular weight is 354 g/mol. The number of ether oxygens (including phenoxy) is 1. The van der Waals surface area contributed by atoms with Crippen molar-refractivity contribution in [1.82, 2.24) is 15.3 Å². The summed E-state index contributed by atoms with van der Waals surface area (Å²) in [6, 6.07) is 8.22. The monoisotopic (exact) mass is 354 g/mol. The van der Waals surface area contributed by atoms with Crippen LogP contribution >= 0.6 is 0 Å². The molecule has 2 N–H and O–H groups in total. The molecule has 26 heavy (non-hydrogen) atoms. The molecule has 1 aliphatic heterocycles. The zero-order valence-corrected chi connectivity index (χ0v) is 15.4. The molecule has 0 bridgehead atoms. The molecular formula is C20H26N4O2. The summed E-state index contributed by atoms with van der Waals surface area (Å²) < 4.78 is 5.57. The van der Waals surface area contributed by atoms with Crippen molar-refractivity contribution >= 4 is 11.7 Å². The Balaban J connectivity index is 1.54. The van der Waals surface area contributed by atoms with Gasteiger partial charge in [-0.3, -0.25) is 4.79 Å². The number of amides is 1. The van der Waals surface area contributed by atoms with Crippen molar-refractivity contribution in [2.45, 2.75) is 45.2 Å². The van der Waals surface area contributed by atoms with Crippen LogP contribution in [0.15, 0.2) is 36.8 Å². The second-order valence-corrected chi connectivity index (χ2v) is 6.81. The Hall–Kier alpha value is -2.47. The summed E-state index contributed by atoms with van der Waals surface area (Å²) in [7, 11) is 0. The van der Waals surface area contributed by atoms with E-state index in [1.54, 1.807) is 6.20 Å². The molecule has 0 saturated carbocycles. The largest absolute Gasteiger partial charge is 0.379 e. The molecule has 0 radical (unpaired) electrons. The lowest BCUT2D eigenvalue weighted by Crippen LogP contribution is -2.52. The highest BCUT2D eigenvalue weighted by molar-refractivity contribution is 5.76. The van der Waals surface area contributed by atoms with Crippen molar-refractivity contribution in [3.63, 3.8) is 0 Å².